The average molecular weight is 260 g/mol. The number of carbonyl (C=O) groups excluding carboxylic acids is 1. The van der Waals surface area contributed by atoms with E-state index in [1.807, 2.05) is 0 Å². The summed E-state index contributed by atoms with van der Waals surface area (Å²) >= 11 is 0. The Hall–Kier alpha value is -2.76. The van der Waals surface area contributed by atoms with Crippen molar-refractivity contribution in [1.29, 1.82) is 5.41 Å². The lowest BCUT2D eigenvalue weighted by Crippen LogP contribution is -2.10. The maximum atomic E-state index is 11.3. The predicted octanol–water partition coefficient (Wildman–Crippen LogP) is 2.60. The van der Waals surface area contributed by atoms with Gasteiger partial charge in [0.05, 0.1) is 4.92 Å². The number of hydrogen-bond donors (Lipinski definition) is 1. The molecule has 1 aromatic rings. The van der Waals surface area contributed by atoms with Gasteiger partial charge in [-0.2, -0.15) is 0 Å². The van der Waals surface area contributed by atoms with Gasteiger partial charge in [-0.05, 0) is 18.6 Å². The maximum Gasteiger partial charge on any atom is 0.337 e. The Bertz CT molecular complexity index is 532. The van der Waals surface area contributed by atoms with Crippen LogP contribution in [0.3, 0.4) is 0 Å². The molecule has 1 aromatic carbocycles. The fourth-order valence-electron chi connectivity index (χ4n) is 1.19. The van der Waals surface area contributed by atoms with Gasteiger partial charge in [0, 0.05) is 23.8 Å². The molecule has 0 bridgehead atoms. The van der Waals surface area contributed by atoms with Crippen molar-refractivity contribution < 1.29 is 14.5 Å². The lowest BCUT2D eigenvalue weighted by atomic mass is 10.2. The highest BCUT2D eigenvalue weighted by Gasteiger charge is 2.09. The number of carbonyl (C=O) groups is 1. The SMILES string of the molecule is C=CC/C=C/C(=O)OC(=N)c1ccc([N+](=O)[O-])cc1. The van der Waals surface area contributed by atoms with Crippen molar-refractivity contribution in [1.82, 2.24) is 0 Å². The van der Waals surface area contributed by atoms with E-state index >= 15 is 0 Å². The Labute approximate surface area is 109 Å². The molecule has 6 heteroatoms. The molecule has 0 radical (unpaired) electrons. The van der Waals surface area contributed by atoms with E-state index in [0.717, 1.165) is 0 Å². The molecule has 0 amide bonds. The topological polar surface area (TPSA) is 93.3 Å². The summed E-state index contributed by atoms with van der Waals surface area (Å²) in [7, 11) is 0. The van der Waals surface area contributed by atoms with E-state index in [1.165, 1.54) is 30.3 Å². The zero-order valence-electron chi connectivity index (χ0n) is 10.0. The number of non-ortho nitro benzene ring substituents is 1. The second-order valence-electron chi connectivity index (χ2n) is 3.48. The number of benzene rings is 1. The molecule has 0 saturated carbocycles. The second kappa shape index (κ2) is 6.85. The normalized spacial score (nSPS) is 10.1. The molecule has 0 aliphatic carbocycles. The minimum absolute atomic E-state index is 0.0891. The number of esters is 1. The Balaban J connectivity index is 2.65. The largest absolute Gasteiger partial charge is 0.404 e. The molecular formula is C13H12N2O4. The van der Waals surface area contributed by atoms with Crippen molar-refractivity contribution in [3.05, 3.63) is 64.8 Å². The van der Waals surface area contributed by atoms with E-state index in [1.54, 1.807) is 12.2 Å². The van der Waals surface area contributed by atoms with Crippen molar-refractivity contribution in [3.8, 4) is 0 Å². The number of nitro groups is 1. The van der Waals surface area contributed by atoms with Crippen LogP contribution in [0.5, 0.6) is 0 Å². The van der Waals surface area contributed by atoms with Crippen LogP contribution in [0.1, 0.15) is 12.0 Å². The number of rotatable bonds is 5. The van der Waals surface area contributed by atoms with Gasteiger partial charge in [0.15, 0.2) is 0 Å². The molecule has 0 saturated heterocycles. The van der Waals surface area contributed by atoms with Gasteiger partial charge < -0.3 is 4.74 Å². The third kappa shape index (κ3) is 4.55. The summed E-state index contributed by atoms with van der Waals surface area (Å²) < 4.78 is 4.74. The van der Waals surface area contributed by atoms with Crippen LogP contribution in [0.15, 0.2) is 49.1 Å². The minimum Gasteiger partial charge on any atom is -0.404 e. The lowest BCUT2D eigenvalue weighted by molar-refractivity contribution is -0.384. The summed E-state index contributed by atoms with van der Waals surface area (Å²) in [6.45, 7) is 3.49. The zero-order valence-corrected chi connectivity index (χ0v) is 10.0. The number of nitro benzene ring substituents is 1. The summed E-state index contributed by atoms with van der Waals surface area (Å²) in [5, 5.41) is 18.0. The highest BCUT2D eigenvalue weighted by molar-refractivity contribution is 6.01. The van der Waals surface area contributed by atoms with Gasteiger partial charge in [-0.1, -0.05) is 12.2 Å². The Morgan fingerprint density at radius 2 is 2.05 bits per heavy atom. The number of allylic oxidation sites excluding steroid dienone is 2. The number of ether oxygens (including phenoxy) is 1. The van der Waals surface area contributed by atoms with Crippen molar-refractivity contribution in [2.24, 2.45) is 0 Å². The quantitative estimate of drug-likeness (QED) is 0.167. The van der Waals surface area contributed by atoms with Gasteiger partial charge >= 0.3 is 5.97 Å². The van der Waals surface area contributed by atoms with Crippen molar-refractivity contribution in [2.75, 3.05) is 0 Å². The Kier molecular flexibility index (Phi) is 5.16. The molecule has 1 N–H and O–H groups in total. The fourth-order valence-corrected chi connectivity index (χ4v) is 1.19. The van der Waals surface area contributed by atoms with E-state index in [2.05, 4.69) is 6.58 Å². The monoisotopic (exact) mass is 260 g/mol. The third-order valence-electron chi connectivity index (χ3n) is 2.10. The summed E-state index contributed by atoms with van der Waals surface area (Å²) in [6, 6.07) is 5.18. The maximum absolute atomic E-state index is 11.3. The van der Waals surface area contributed by atoms with Crippen molar-refractivity contribution >= 4 is 17.6 Å². The first kappa shape index (κ1) is 14.3. The molecular weight excluding hydrogens is 248 g/mol. The zero-order chi connectivity index (χ0) is 14.3. The first-order valence-electron chi connectivity index (χ1n) is 5.37. The van der Waals surface area contributed by atoms with Gasteiger partial charge in [-0.25, -0.2) is 4.79 Å². The molecule has 6 nitrogen and oxygen atoms in total. The smallest absolute Gasteiger partial charge is 0.337 e. The molecule has 0 spiro atoms. The van der Waals surface area contributed by atoms with Crippen LogP contribution >= 0.6 is 0 Å². The van der Waals surface area contributed by atoms with Gasteiger partial charge in [-0.15, -0.1) is 6.58 Å². The molecule has 1 rings (SSSR count). The predicted molar refractivity (Wildman–Crippen MR) is 70.0 cm³/mol. The van der Waals surface area contributed by atoms with Crippen molar-refractivity contribution in [3.63, 3.8) is 0 Å². The van der Waals surface area contributed by atoms with E-state index in [-0.39, 0.29) is 17.1 Å². The van der Waals surface area contributed by atoms with Gasteiger partial charge in [0.25, 0.3) is 5.69 Å². The third-order valence-corrected chi connectivity index (χ3v) is 2.10. The lowest BCUT2D eigenvalue weighted by Gasteiger charge is -2.02. The summed E-state index contributed by atoms with van der Waals surface area (Å²) in [5.74, 6) is -1.03. The highest BCUT2D eigenvalue weighted by atomic mass is 16.6. The molecule has 0 aromatic heterocycles. The van der Waals surface area contributed by atoms with Crippen LogP contribution in [0.2, 0.25) is 0 Å². The number of nitrogens with one attached hydrogen (secondary N) is 1. The van der Waals surface area contributed by atoms with Crippen LogP contribution in [-0.2, 0) is 9.53 Å². The van der Waals surface area contributed by atoms with Gasteiger partial charge in [0.1, 0.15) is 0 Å². The Morgan fingerprint density at radius 3 is 2.58 bits per heavy atom. The van der Waals surface area contributed by atoms with Crippen molar-refractivity contribution in [2.45, 2.75) is 6.42 Å². The van der Waals surface area contributed by atoms with Gasteiger partial charge in [0.2, 0.25) is 5.90 Å². The van der Waals surface area contributed by atoms with E-state index in [4.69, 9.17) is 10.1 Å². The molecule has 19 heavy (non-hydrogen) atoms. The fraction of sp³-hybridized carbons (Fsp3) is 0.0769. The number of nitrogens with zero attached hydrogens (tertiary/aromatic N) is 1. The first-order chi connectivity index (χ1) is 9.04. The van der Waals surface area contributed by atoms with Crippen LogP contribution < -0.4 is 0 Å². The van der Waals surface area contributed by atoms with Crippen LogP contribution in [-0.4, -0.2) is 16.8 Å². The van der Waals surface area contributed by atoms with Crippen LogP contribution in [0, 0.1) is 15.5 Å². The molecule has 0 atom stereocenters. The van der Waals surface area contributed by atoms with Gasteiger partial charge in [-0.3, -0.25) is 15.5 Å². The van der Waals surface area contributed by atoms with E-state index in [0.29, 0.717) is 6.42 Å². The second-order valence-corrected chi connectivity index (χ2v) is 3.48. The summed E-state index contributed by atoms with van der Waals surface area (Å²) in [6.07, 6.45) is 4.89. The Morgan fingerprint density at radius 1 is 1.42 bits per heavy atom. The summed E-state index contributed by atoms with van der Waals surface area (Å²) in [5.41, 5.74) is 0.199. The van der Waals surface area contributed by atoms with E-state index in [9.17, 15) is 14.9 Å². The molecule has 0 unspecified atom stereocenters. The molecule has 98 valence electrons. The van der Waals surface area contributed by atoms with Crippen LogP contribution in [0.4, 0.5) is 5.69 Å². The molecule has 0 fully saturated rings. The standard InChI is InChI=1S/C13H12N2O4/c1-2-3-4-5-12(16)19-13(14)10-6-8-11(9-7-10)15(17)18/h2,4-9,14H,1,3H2/b5-4+,14-13?. The summed E-state index contributed by atoms with van der Waals surface area (Å²) in [4.78, 5) is 21.2. The average Bonchev–Trinajstić information content (AvgIpc) is 2.39. The minimum atomic E-state index is -0.676. The van der Waals surface area contributed by atoms with E-state index < -0.39 is 10.9 Å². The first-order valence-corrected chi connectivity index (χ1v) is 5.37. The molecule has 0 heterocycles. The molecule has 0 aliphatic heterocycles. The molecule has 0 aliphatic rings. The number of hydrogen-bond acceptors (Lipinski definition) is 5. The van der Waals surface area contributed by atoms with Crippen LogP contribution in [0.25, 0.3) is 0 Å². The highest BCUT2D eigenvalue weighted by Crippen LogP contribution is 2.12.